The summed E-state index contributed by atoms with van der Waals surface area (Å²) in [6, 6.07) is 11.5. The van der Waals surface area contributed by atoms with Crippen molar-refractivity contribution in [2.45, 2.75) is 13.8 Å². The van der Waals surface area contributed by atoms with Gasteiger partial charge in [-0.25, -0.2) is 4.79 Å². The molecule has 5 nitrogen and oxygen atoms in total. The number of benzene rings is 2. The monoisotopic (exact) mass is 347 g/mol. The number of anilines is 1. The Hall–Kier alpha value is -2.53. The first-order chi connectivity index (χ1) is 11.6. The molecule has 1 amide bonds. The Bertz CT molecular complexity index is 746. The summed E-state index contributed by atoms with van der Waals surface area (Å²) in [6.07, 6.45) is 0. The summed E-state index contributed by atoms with van der Waals surface area (Å²) in [4.78, 5) is 24.2. The molecule has 126 valence electrons. The van der Waals surface area contributed by atoms with E-state index in [1.165, 1.54) is 0 Å². The fraction of sp³-hybridized carbons (Fsp3) is 0.222. The van der Waals surface area contributed by atoms with Crippen molar-refractivity contribution in [3.05, 3.63) is 58.6 Å². The number of ether oxygens (including phenoxy) is 2. The summed E-state index contributed by atoms with van der Waals surface area (Å²) in [5.41, 5.74) is 1.17. The number of amides is 1. The number of nitrogens with one attached hydrogen (secondary N) is 1. The Morgan fingerprint density at radius 1 is 1.08 bits per heavy atom. The van der Waals surface area contributed by atoms with E-state index >= 15 is 0 Å². The van der Waals surface area contributed by atoms with Gasteiger partial charge in [-0.1, -0.05) is 23.7 Å². The summed E-state index contributed by atoms with van der Waals surface area (Å²) >= 11 is 6.03. The second-order valence-corrected chi connectivity index (χ2v) is 5.21. The lowest BCUT2D eigenvalue weighted by Crippen LogP contribution is -2.14. The van der Waals surface area contributed by atoms with Crippen LogP contribution in [0, 0.1) is 0 Å². The maximum absolute atomic E-state index is 12.4. The highest BCUT2D eigenvalue weighted by atomic mass is 35.5. The second kappa shape index (κ2) is 8.36. The van der Waals surface area contributed by atoms with Gasteiger partial charge in [-0.2, -0.15) is 0 Å². The summed E-state index contributed by atoms with van der Waals surface area (Å²) in [5.74, 6) is -0.406. The molecule has 0 saturated heterocycles. The molecule has 0 spiro atoms. The van der Waals surface area contributed by atoms with Crippen LogP contribution in [0.5, 0.6) is 5.75 Å². The molecule has 0 heterocycles. The Labute approximate surface area is 145 Å². The van der Waals surface area contributed by atoms with E-state index in [-0.39, 0.29) is 12.5 Å². The zero-order valence-corrected chi connectivity index (χ0v) is 14.2. The van der Waals surface area contributed by atoms with Crippen LogP contribution in [0.25, 0.3) is 0 Å². The van der Waals surface area contributed by atoms with Crippen molar-refractivity contribution in [2.75, 3.05) is 18.5 Å². The van der Waals surface area contributed by atoms with Gasteiger partial charge in [-0.05, 0) is 44.2 Å². The number of carbonyl (C=O) groups excluding carboxylic acids is 2. The van der Waals surface area contributed by atoms with E-state index < -0.39 is 5.97 Å². The Kier molecular flexibility index (Phi) is 6.21. The maximum atomic E-state index is 12.4. The Morgan fingerprint density at radius 2 is 1.83 bits per heavy atom. The fourth-order valence-electron chi connectivity index (χ4n) is 2.08. The summed E-state index contributed by atoms with van der Waals surface area (Å²) in [6.45, 7) is 4.23. The molecule has 24 heavy (non-hydrogen) atoms. The molecule has 0 bridgehead atoms. The molecular weight excluding hydrogens is 330 g/mol. The molecule has 1 N–H and O–H groups in total. The highest BCUT2D eigenvalue weighted by Crippen LogP contribution is 2.28. The molecular formula is C18H18ClNO4. The average Bonchev–Trinajstić information content (AvgIpc) is 2.57. The largest absolute Gasteiger partial charge is 0.492 e. The first kappa shape index (κ1) is 17.8. The molecule has 0 atom stereocenters. The van der Waals surface area contributed by atoms with Gasteiger partial charge in [0.15, 0.2) is 0 Å². The Morgan fingerprint density at radius 3 is 2.50 bits per heavy atom. The zero-order chi connectivity index (χ0) is 17.5. The standard InChI is InChI=1S/C18H18ClNO4/c1-3-23-16-11-12(18(22)24-4-2)9-10-15(16)20-17(21)13-7-5-6-8-14(13)19/h5-11H,3-4H2,1-2H3,(H,20,21). The van der Waals surface area contributed by atoms with Crippen LogP contribution in [0.15, 0.2) is 42.5 Å². The van der Waals surface area contributed by atoms with E-state index in [1.54, 1.807) is 49.4 Å². The van der Waals surface area contributed by atoms with E-state index in [0.29, 0.717) is 34.2 Å². The normalized spacial score (nSPS) is 10.1. The maximum Gasteiger partial charge on any atom is 0.338 e. The third-order valence-corrected chi connectivity index (χ3v) is 3.49. The lowest BCUT2D eigenvalue weighted by molar-refractivity contribution is 0.0526. The minimum atomic E-state index is -0.442. The minimum absolute atomic E-state index is 0.286. The predicted molar refractivity (Wildman–Crippen MR) is 93.0 cm³/mol. The molecule has 2 rings (SSSR count). The third kappa shape index (κ3) is 4.26. The number of hydrogen-bond donors (Lipinski definition) is 1. The van der Waals surface area contributed by atoms with E-state index in [9.17, 15) is 9.59 Å². The van der Waals surface area contributed by atoms with Gasteiger partial charge in [-0.15, -0.1) is 0 Å². The SMILES string of the molecule is CCOC(=O)c1ccc(NC(=O)c2ccccc2Cl)c(OCC)c1. The number of halogens is 1. The molecule has 0 saturated carbocycles. The highest BCUT2D eigenvalue weighted by Gasteiger charge is 2.15. The molecule has 0 unspecified atom stereocenters. The molecule has 2 aromatic rings. The van der Waals surface area contributed by atoms with Crippen molar-refractivity contribution in [2.24, 2.45) is 0 Å². The van der Waals surface area contributed by atoms with E-state index in [1.807, 2.05) is 6.92 Å². The van der Waals surface area contributed by atoms with Gasteiger partial charge in [0.25, 0.3) is 5.91 Å². The van der Waals surface area contributed by atoms with Crippen LogP contribution in [-0.2, 0) is 4.74 Å². The van der Waals surface area contributed by atoms with Crippen molar-refractivity contribution in [3.8, 4) is 5.75 Å². The van der Waals surface area contributed by atoms with E-state index in [2.05, 4.69) is 5.32 Å². The molecule has 0 fully saturated rings. The topological polar surface area (TPSA) is 64.6 Å². The molecule has 0 aliphatic heterocycles. The van der Waals surface area contributed by atoms with Crippen LogP contribution in [0.1, 0.15) is 34.6 Å². The van der Waals surface area contributed by atoms with Crippen LogP contribution in [0.2, 0.25) is 5.02 Å². The van der Waals surface area contributed by atoms with E-state index in [0.717, 1.165) is 0 Å². The van der Waals surface area contributed by atoms with Crippen LogP contribution < -0.4 is 10.1 Å². The lowest BCUT2D eigenvalue weighted by atomic mass is 10.1. The van der Waals surface area contributed by atoms with Gasteiger partial charge in [0.05, 0.1) is 35.1 Å². The van der Waals surface area contributed by atoms with Gasteiger partial charge in [0, 0.05) is 0 Å². The third-order valence-electron chi connectivity index (χ3n) is 3.16. The van der Waals surface area contributed by atoms with Crippen molar-refractivity contribution >= 4 is 29.2 Å². The van der Waals surface area contributed by atoms with Crippen molar-refractivity contribution in [1.29, 1.82) is 0 Å². The second-order valence-electron chi connectivity index (χ2n) is 4.80. The number of esters is 1. The first-order valence-electron chi connectivity index (χ1n) is 7.56. The quantitative estimate of drug-likeness (QED) is 0.796. The molecule has 0 aliphatic rings. The first-order valence-corrected chi connectivity index (χ1v) is 7.94. The molecule has 6 heteroatoms. The molecule has 0 aromatic heterocycles. The van der Waals surface area contributed by atoms with Gasteiger partial charge in [0.1, 0.15) is 5.75 Å². The van der Waals surface area contributed by atoms with Crippen molar-refractivity contribution in [1.82, 2.24) is 0 Å². The minimum Gasteiger partial charge on any atom is -0.492 e. The van der Waals surface area contributed by atoms with Gasteiger partial charge in [0.2, 0.25) is 0 Å². The molecule has 2 aromatic carbocycles. The lowest BCUT2D eigenvalue weighted by Gasteiger charge is -2.13. The Balaban J connectivity index is 2.27. The van der Waals surface area contributed by atoms with E-state index in [4.69, 9.17) is 21.1 Å². The van der Waals surface area contributed by atoms with Crippen LogP contribution >= 0.6 is 11.6 Å². The van der Waals surface area contributed by atoms with Crippen LogP contribution in [0.4, 0.5) is 5.69 Å². The van der Waals surface area contributed by atoms with Crippen molar-refractivity contribution < 1.29 is 19.1 Å². The van der Waals surface area contributed by atoms with Gasteiger partial charge >= 0.3 is 5.97 Å². The summed E-state index contributed by atoms with van der Waals surface area (Å²) in [5, 5.41) is 3.11. The van der Waals surface area contributed by atoms with Gasteiger partial charge in [-0.3, -0.25) is 4.79 Å². The fourth-order valence-corrected chi connectivity index (χ4v) is 2.30. The number of hydrogen-bond acceptors (Lipinski definition) is 4. The number of carbonyl (C=O) groups is 2. The predicted octanol–water partition coefficient (Wildman–Crippen LogP) is 4.17. The summed E-state index contributed by atoms with van der Waals surface area (Å²) < 4.78 is 10.5. The number of rotatable bonds is 6. The smallest absolute Gasteiger partial charge is 0.338 e. The van der Waals surface area contributed by atoms with Gasteiger partial charge < -0.3 is 14.8 Å². The zero-order valence-electron chi connectivity index (χ0n) is 13.5. The average molecular weight is 348 g/mol. The van der Waals surface area contributed by atoms with Crippen LogP contribution in [0.3, 0.4) is 0 Å². The molecule has 0 radical (unpaired) electrons. The highest BCUT2D eigenvalue weighted by molar-refractivity contribution is 6.34. The summed E-state index contributed by atoms with van der Waals surface area (Å²) in [7, 11) is 0. The van der Waals surface area contributed by atoms with Crippen LogP contribution in [-0.4, -0.2) is 25.1 Å². The molecule has 0 aliphatic carbocycles. The van der Waals surface area contributed by atoms with Crippen molar-refractivity contribution in [3.63, 3.8) is 0 Å².